The van der Waals surface area contributed by atoms with Gasteiger partial charge in [-0.05, 0) is 29.3 Å². The van der Waals surface area contributed by atoms with E-state index in [4.69, 9.17) is 4.74 Å². The SMILES string of the molecule is COc1cc2cc-2c1. The summed E-state index contributed by atoms with van der Waals surface area (Å²) in [5, 5.41) is 0. The van der Waals surface area contributed by atoms with Crippen LogP contribution in [0.1, 0.15) is 0 Å². The molecule has 0 aromatic rings. The molecule has 2 aliphatic carbocycles. The van der Waals surface area contributed by atoms with Gasteiger partial charge in [0.1, 0.15) is 5.75 Å². The minimum absolute atomic E-state index is 0.984. The van der Waals surface area contributed by atoms with Gasteiger partial charge < -0.3 is 4.74 Å². The molecule has 0 atom stereocenters. The molecular formula is C7H6O. The summed E-state index contributed by atoms with van der Waals surface area (Å²) in [4.78, 5) is 0. The van der Waals surface area contributed by atoms with Gasteiger partial charge in [-0.25, -0.2) is 0 Å². The maximum absolute atomic E-state index is 4.96. The summed E-state index contributed by atoms with van der Waals surface area (Å²) in [6.07, 6.45) is 0. The van der Waals surface area contributed by atoms with E-state index < -0.39 is 0 Å². The van der Waals surface area contributed by atoms with Gasteiger partial charge in [0, 0.05) is 0 Å². The van der Waals surface area contributed by atoms with Gasteiger partial charge in [-0.2, -0.15) is 0 Å². The maximum Gasteiger partial charge on any atom is 0.120 e. The van der Waals surface area contributed by atoms with E-state index in [1.165, 1.54) is 11.1 Å². The predicted molar refractivity (Wildman–Crippen MR) is 32.0 cm³/mol. The average molecular weight is 106 g/mol. The first-order chi connectivity index (χ1) is 3.90. The third kappa shape index (κ3) is 0.360. The molecule has 0 aliphatic heterocycles. The molecule has 2 rings (SSSR count). The molecule has 0 saturated carbocycles. The molecule has 0 heterocycles. The zero-order valence-electron chi connectivity index (χ0n) is 4.64. The van der Waals surface area contributed by atoms with E-state index in [2.05, 4.69) is 6.07 Å². The normalized spacial score (nSPS) is 11.1. The van der Waals surface area contributed by atoms with E-state index in [-0.39, 0.29) is 0 Å². The topological polar surface area (TPSA) is 9.23 Å². The predicted octanol–water partition coefficient (Wildman–Crippen LogP) is 1.68. The van der Waals surface area contributed by atoms with Gasteiger partial charge >= 0.3 is 0 Å². The van der Waals surface area contributed by atoms with Crippen LogP contribution in [0.3, 0.4) is 0 Å². The summed E-state index contributed by atoms with van der Waals surface area (Å²) in [5.74, 6) is 0.984. The molecule has 2 aliphatic rings. The zero-order chi connectivity index (χ0) is 5.56. The number of hydrogen-bond donors (Lipinski definition) is 0. The van der Waals surface area contributed by atoms with Crippen molar-refractivity contribution in [2.24, 2.45) is 0 Å². The highest BCUT2D eigenvalue weighted by Crippen LogP contribution is 2.39. The Morgan fingerprint density at radius 3 is 2.12 bits per heavy atom. The van der Waals surface area contributed by atoms with Crippen LogP contribution >= 0.6 is 0 Å². The summed E-state index contributed by atoms with van der Waals surface area (Å²) in [6.45, 7) is 0. The highest BCUT2D eigenvalue weighted by molar-refractivity contribution is 5.83. The first kappa shape index (κ1) is 3.96. The second kappa shape index (κ2) is 1.05. The van der Waals surface area contributed by atoms with Crippen molar-refractivity contribution in [2.75, 3.05) is 7.11 Å². The van der Waals surface area contributed by atoms with E-state index in [1.54, 1.807) is 7.11 Å². The Labute approximate surface area is 47.9 Å². The van der Waals surface area contributed by atoms with Gasteiger partial charge in [0.2, 0.25) is 0 Å². The molecule has 1 heteroatoms. The molecule has 0 bridgehead atoms. The lowest BCUT2D eigenvalue weighted by atomic mass is 10.5. The molecule has 0 amide bonds. The van der Waals surface area contributed by atoms with Gasteiger partial charge in [0.25, 0.3) is 0 Å². The summed E-state index contributed by atoms with van der Waals surface area (Å²) in [7, 11) is 1.69. The molecule has 0 N–H and O–H groups in total. The Morgan fingerprint density at radius 2 is 1.75 bits per heavy atom. The van der Waals surface area contributed by atoms with Crippen molar-refractivity contribution in [3.05, 3.63) is 18.2 Å². The molecule has 40 valence electrons. The van der Waals surface area contributed by atoms with Crippen LogP contribution in [0.2, 0.25) is 0 Å². The van der Waals surface area contributed by atoms with Crippen LogP contribution in [0.25, 0.3) is 11.1 Å². The number of ether oxygens (including phenoxy) is 1. The first-order valence-corrected chi connectivity index (χ1v) is 2.59. The van der Waals surface area contributed by atoms with Crippen molar-refractivity contribution in [2.45, 2.75) is 0 Å². The van der Waals surface area contributed by atoms with E-state index in [0.717, 1.165) is 5.75 Å². The van der Waals surface area contributed by atoms with E-state index in [1.807, 2.05) is 12.1 Å². The van der Waals surface area contributed by atoms with Crippen molar-refractivity contribution in [3.63, 3.8) is 0 Å². The lowest BCUT2D eigenvalue weighted by Gasteiger charge is -1.88. The van der Waals surface area contributed by atoms with E-state index >= 15 is 0 Å². The Kier molecular flexibility index (Phi) is 0.519. The number of benzene rings is 1. The standard InChI is InChI=1S/C7H6O/c1-8-7-3-5-2-6(5)4-7/h2-4H,1H3. The molecule has 1 nitrogen and oxygen atoms in total. The van der Waals surface area contributed by atoms with E-state index in [9.17, 15) is 0 Å². The summed E-state index contributed by atoms with van der Waals surface area (Å²) in [6, 6.07) is 6.20. The first-order valence-electron chi connectivity index (χ1n) is 2.59. The summed E-state index contributed by atoms with van der Waals surface area (Å²) < 4.78 is 4.96. The molecule has 0 radical (unpaired) electrons. The third-order valence-corrected chi connectivity index (χ3v) is 1.39. The second-order valence-corrected chi connectivity index (χ2v) is 1.95. The highest BCUT2D eigenvalue weighted by atomic mass is 16.5. The van der Waals surface area contributed by atoms with Crippen LogP contribution < -0.4 is 4.74 Å². The monoisotopic (exact) mass is 106 g/mol. The highest BCUT2D eigenvalue weighted by Gasteiger charge is 2.13. The summed E-state index contributed by atoms with van der Waals surface area (Å²) in [5.41, 5.74) is 2.67. The van der Waals surface area contributed by atoms with Gasteiger partial charge in [-0.3, -0.25) is 0 Å². The molecule has 0 aromatic heterocycles. The average Bonchev–Trinajstić information content (AvgIpc) is 2.40. The summed E-state index contributed by atoms with van der Waals surface area (Å²) >= 11 is 0. The zero-order valence-corrected chi connectivity index (χ0v) is 4.64. The Balaban J connectivity index is 2.45. The number of fused-ring (bicyclic) bond motifs is 1. The lowest BCUT2D eigenvalue weighted by Crippen LogP contribution is -1.75. The molecule has 0 saturated heterocycles. The van der Waals surface area contributed by atoms with Gasteiger partial charge in [0.05, 0.1) is 7.11 Å². The Hall–Kier alpha value is -0.980. The number of hydrogen-bond acceptors (Lipinski definition) is 1. The molecule has 0 aromatic carbocycles. The molecule has 0 fully saturated rings. The third-order valence-electron chi connectivity index (χ3n) is 1.39. The number of methoxy groups -OCH3 is 1. The maximum atomic E-state index is 4.96. The molecular weight excluding hydrogens is 100 g/mol. The molecule has 8 heavy (non-hydrogen) atoms. The Bertz CT molecular complexity index is 208. The van der Waals surface area contributed by atoms with Crippen molar-refractivity contribution in [3.8, 4) is 16.9 Å². The van der Waals surface area contributed by atoms with Gasteiger partial charge in [-0.15, -0.1) is 0 Å². The Morgan fingerprint density at radius 1 is 1.12 bits per heavy atom. The van der Waals surface area contributed by atoms with Gasteiger partial charge in [-0.1, -0.05) is 0 Å². The van der Waals surface area contributed by atoms with Crippen LogP contribution in [-0.4, -0.2) is 7.11 Å². The van der Waals surface area contributed by atoms with Crippen molar-refractivity contribution >= 4 is 0 Å². The minimum atomic E-state index is 0.984. The lowest BCUT2D eigenvalue weighted by molar-refractivity contribution is 0.416. The minimum Gasteiger partial charge on any atom is -0.497 e. The van der Waals surface area contributed by atoms with Crippen LogP contribution in [0.15, 0.2) is 18.2 Å². The van der Waals surface area contributed by atoms with E-state index in [0.29, 0.717) is 0 Å². The van der Waals surface area contributed by atoms with Crippen LogP contribution in [0, 0.1) is 0 Å². The quantitative estimate of drug-likeness (QED) is 0.537. The van der Waals surface area contributed by atoms with Crippen LogP contribution in [-0.2, 0) is 0 Å². The number of rotatable bonds is 1. The van der Waals surface area contributed by atoms with Gasteiger partial charge in [0.15, 0.2) is 0 Å². The largest absolute Gasteiger partial charge is 0.497 e. The van der Waals surface area contributed by atoms with Crippen molar-refractivity contribution < 1.29 is 4.74 Å². The fourth-order valence-corrected chi connectivity index (χ4v) is 0.847. The fraction of sp³-hybridized carbons (Fsp3) is 0.143. The van der Waals surface area contributed by atoms with Crippen LogP contribution in [0.4, 0.5) is 0 Å². The fourth-order valence-electron chi connectivity index (χ4n) is 0.847. The second-order valence-electron chi connectivity index (χ2n) is 1.95. The van der Waals surface area contributed by atoms with Crippen molar-refractivity contribution in [1.82, 2.24) is 0 Å². The van der Waals surface area contributed by atoms with Crippen molar-refractivity contribution in [1.29, 1.82) is 0 Å². The molecule has 0 unspecified atom stereocenters. The molecule has 0 spiro atoms. The smallest absolute Gasteiger partial charge is 0.120 e. The van der Waals surface area contributed by atoms with Crippen LogP contribution in [0.5, 0.6) is 5.75 Å².